The minimum atomic E-state index is -4.73. The van der Waals surface area contributed by atoms with Crippen molar-refractivity contribution in [3.63, 3.8) is 0 Å². The smallest absolute Gasteiger partial charge is 0.465 e. The van der Waals surface area contributed by atoms with E-state index in [0.717, 1.165) is 11.3 Å². The van der Waals surface area contributed by atoms with Crippen LogP contribution < -0.4 is 5.32 Å². The van der Waals surface area contributed by atoms with E-state index in [4.69, 9.17) is 0 Å². The SMILES string of the molecule is COC(=O)c1sccc1NC(=O)c1ccc(-c2noc(C(F)(F)F)n2)cc1. The van der Waals surface area contributed by atoms with Crippen molar-refractivity contribution in [1.29, 1.82) is 0 Å². The number of hydrogen-bond donors (Lipinski definition) is 1. The molecule has 0 atom stereocenters. The zero-order valence-electron chi connectivity index (χ0n) is 13.5. The van der Waals surface area contributed by atoms with Crippen LogP contribution in [-0.2, 0) is 10.9 Å². The number of nitrogens with one attached hydrogen (secondary N) is 1. The number of aromatic nitrogens is 2. The molecule has 0 aliphatic rings. The van der Waals surface area contributed by atoms with E-state index in [1.807, 2.05) is 0 Å². The van der Waals surface area contributed by atoms with Crippen LogP contribution in [0.15, 0.2) is 40.2 Å². The summed E-state index contributed by atoms with van der Waals surface area (Å²) in [5.74, 6) is -2.78. The molecule has 0 saturated heterocycles. The van der Waals surface area contributed by atoms with Crippen molar-refractivity contribution in [2.24, 2.45) is 0 Å². The van der Waals surface area contributed by atoms with Crippen molar-refractivity contribution in [2.75, 3.05) is 12.4 Å². The molecule has 140 valence electrons. The lowest BCUT2D eigenvalue weighted by atomic mass is 10.1. The van der Waals surface area contributed by atoms with Crippen LogP contribution in [0.4, 0.5) is 18.9 Å². The molecule has 0 bridgehead atoms. The molecule has 7 nitrogen and oxygen atoms in total. The van der Waals surface area contributed by atoms with Crippen molar-refractivity contribution in [3.05, 3.63) is 52.0 Å². The topological polar surface area (TPSA) is 94.3 Å². The van der Waals surface area contributed by atoms with Crippen LogP contribution >= 0.6 is 11.3 Å². The van der Waals surface area contributed by atoms with Crippen LogP contribution in [0, 0.1) is 0 Å². The highest BCUT2D eigenvalue weighted by atomic mass is 32.1. The lowest BCUT2D eigenvalue weighted by Crippen LogP contribution is -2.13. The molecule has 0 saturated carbocycles. The first-order valence-electron chi connectivity index (χ1n) is 7.28. The maximum absolute atomic E-state index is 12.5. The van der Waals surface area contributed by atoms with E-state index in [0.29, 0.717) is 5.69 Å². The van der Waals surface area contributed by atoms with Crippen molar-refractivity contribution >= 4 is 28.9 Å². The monoisotopic (exact) mass is 397 g/mol. The Morgan fingerprint density at radius 1 is 1.19 bits per heavy atom. The molecule has 1 aromatic carbocycles. The number of benzene rings is 1. The number of thiophene rings is 1. The van der Waals surface area contributed by atoms with Gasteiger partial charge in [-0.3, -0.25) is 4.79 Å². The summed E-state index contributed by atoms with van der Waals surface area (Å²) in [5.41, 5.74) is 0.769. The third kappa shape index (κ3) is 3.97. The molecule has 3 rings (SSSR count). The van der Waals surface area contributed by atoms with E-state index >= 15 is 0 Å². The van der Waals surface area contributed by atoms with Crippen LogP contribution in [0.25, 0.3) is 11.4 Å². The van der Waals surface area contributed by atoms with Gasteiger partial charge in [-0.1, -0.05) is 17.3 Å². The van der Waals surface area contributed by atoms with Crippen molar-refractivity contribution < 1.29 is 32.0 Å². The van der Waals surface area contributed by atoms with Gasteiger partial charge in [0.15, 0.2) is 0 Å². The third-order valence-electron chi connectivity index (χ3n) is 3.36. The average molecular weight is 397 g/mol. The Hall–Kier alpha value is -3.21. The Kier molecular flexibility index (Phi) is 4.95. The summed E-state index contributed by atoms with van der Waals surface area (Å²) in [4.78, 5) is 27.4. The minimum Gasteiger partial charge on any atom is -0.465 e. The van der Waals surface area contributed by atoms with Crippen LogP contribution in [0.5, 0.6) is 0 Å². The van der Waals surface area contributed by atoms with Crippen LogP contribution in [0.3, 0.4) is 0 Å². The third-order valence-corrected chi connectivity index (χ3v) is 4.25. The number of nitrogens with zero attached hydrogens (tertiary/aromatic N) is 2. The Balaban J connectivity index is 1.76. The average Bonchev–Trinajstić information content (AvgIpc) is 3.30. The number of carbonyl (C=O) groups is 2. The van der Waals surface area contributed by atoms with E-state index in [2.05, 4.69) is 24.7 Å². The van der Waals surface area contributed by atoms with E-state index < -0.39 is 23.9 Å². The molecule has 0 spiro atoms. The second kappa shape index (κ2) is 7.19. The van der Waals surface area contributed by atoms with Gasteiger partial charge in [-0.25, -0.2) is 4.79 Å². The van der Waals surface area contributed by atoms with Gasteiger partial charge in [-0.15, -0.1) is 11.3 Å². The molecule has 0 aliphatic carbocycles. The minimum absolute atomic E-state index is 0.223. The summed E-state index contributed by atoms with van der Waals surface area (Å²) < 4.78 is 46.3. The lowest BCUT2D eigenvalue weighted by Gasteiger charge is -2.06. The van der Waals surface area contributed by atoms with E-state index in [1.165, 1.54) is 31.4 Å². The van der Waals surface area contributed by atoms with Gasteiger partial charge in [0.25, 0.3) is 5.91 Å². The number of esters is 1. The number of amides is 1. The molecule has 1 N–H and O–H groups in total. The largest absolute Gasteiger partial charge is 0.471 e. The molecule has 0 fully saturated rings. The Morgan fingerprint density at radius 3 is 2.48 bits per heavy atom. The van der Waals surface area contributed by atoms with Crippen molar-refractivity contribution in [2.45, 2.75) is 6.18 Å². The summed E-state index contributed by atoms with van der Waals surface area (Å²) in [5, 5.41) is 7.47. The zero-order valence-corrected chi connectivity index (χ0v) is 14.4. The lowest BCUT2D eigenvalue weighted by molar-refractivity contribution is -0.159. The predicted octanol–water partition coefficient (Wildman–Crippen LogP) is 3.86. The van der Waals surface area contributed by atoms with Gasteiger partial charge < -0.3 is 14.6 Å². The summed E-state index contributed by atoms with van der Waals surface area (Å²) in [6, 6.07) is 7.10. The van der Waals surface area contributed by atoms with Crippen molar-refractivity contribution in [1.82, 2.24) is 10.1 Å². The molecular weight excluding hydrogens is 387 g/mol. The summed E-state index contributed by atoms with van der Waals surface area (Å²) in [7, 11) is 1.23. The maximum Gasteiger partial charge on any atom is 0.471 e. The molecule has 0 aliphatic heterocycles. The number of anilines is 1. The maximum atomic E-state index is 12.5. The number of methoxy groups -OCH3 is 1. The molecule has 1 amide bonds. The summed E-state index contributed by atoms with van der Waals surface area (Å²) in [6.45, 7) is 0. The van der Waals surface area contributed by atoms with E-state index in [1.54, 1.807) is 11.4 Å². The Bertz CT molecular complexity index is 979. The summed E-state index contributed by atoms with van der Waals surface area (Å²) >= 11 is 1.12. The number of carbonyl (C=O) groups excluding carboxylic acids is 2. The highest BCUT2D eigenvalue weighted by Crippen LogP contribution is 2.29. The van der Waals surface area contributed by atoms with E-state index in [9.17, 15) is 22.8 Å². The molecule has 2 heterocycles. The highest BCUT2D eigenvalue weighted by molar-refractivity contribution is 7.12. The van der Waals surface area contributed by atoms with Gasteiger partial charge in [0, 0.05) is 11.1 Å². The van der Waals surface area contributed by atoms with Crippen LogP contribution in [0.2, 0.25) is 0 Å². The van der Waals surface area contributed by atoms with Crippen molar-refractivity contribution in [3.8, 4) is 11.4 Å². The number of ether oxygens (including phenoxy) is 1. The quantitative estimate of drug-likeness (QED) is 0.672. The predicted molar refractivity (Wildman–Crippen MR) is 88.3 cm³/mol. The fourth-order valence-electron chi connectivity index (χ4n) is 2.08. The molecule has 11 heteroatoms. The first kappa shape index (κ1) is 18.6. The van der Waals surface area contributed by atoms with Gasteiger partial charge in [-0.2, -0.15) is 18.2 Å². The van der Waals surface area contributed by atoms with Crippen LogP contribution in [0.1, 0.15) is 25.9 Å². The highest BCUT2D eigenvalue weighted by Gasteiger charge is 2.38. The second-order valence-electron chi connectivity index (χ2n) is 5.11. The number of alkyl halides is 3. The fourth-order valence-corrected chi connectivity index (χ4v) is 2.85. The molecule has 0 unspecified atom stereocenters. The van der Waals surface area contributed by atoms with Gasteiger partial charge in [0.1, 0.15) is 4.88 Å². The molecule has 2 aromatic heterocycles. The Labute approximate surface area is 153 Å². The fraction of sp³-hybridized carbons (Fsp3) is 0.125. The second-order valence-corrected chi connectivity index (χ2v) is 6.02. The molecule has 27 heavy (non-hydrogen) atoms. The molecular formula is C16H10F3N3O4S. The number of halogens is 3. The first-order chi connectivity index (χ1) is 12.8. The van der Waals surface area contributed by atoms with Gasteiger partial charge in [0.05, 0.1) is 12.8 Å². The van der Waals surface area contributed by atoms with Crippen LogP contribution in [-0.4, -0.2) is 29.1 Å². The first-order valence-corrected chi connectivity index (χ1v) is 8.16. The normalized spacial score (nSPS) is 11.3. The number of rotatable bonds is 4. The summed E-state index contributed by atoms with van der Waals surface area (Å²) in [6.07, 6.45) is -4.73. The molecule has 3 aromatic rings. The number of hydrogen-bond acceptors (Lipinski definition) is 7. The van der Waals surface area contributed by atoms with E-state index in [-0.39, 0.29) is 21.8 Å². The van der Waals surface area contributed by atoms with Gasteiger partial charge in [-0.05, 0) is 23.6 Å². The zero-order chi connectivity index (χ0) is 19.6. The van der Waals surface area contributed by atoms with Gasteiger partial charge in [0.2, 0.25) is 5.82 Å². The van der Waals surface area contributed by atoms with Gasteiger partial charge >= 0.3 is 18.0 Å². The standard InChI is InChI=1S/C16H10F3N3O4S/c1-25-14(24)11-10(6-7-27-11)20-13(23)9-4-2-8(3-5-9)12-21-15(26-22-12)16(17,18)19/h2-7H,1H3,(H,20,23). The Morgan fingerprint density at radius 2 is 1.89 bits per heavy atom. The molecule has 0 radical (unpaired) electrons.